The van der Waals surface area contributed by atoms with Crippen LogP contribution in [0.15, 0.2) is 29.8 Å². The fraction of sp³-hybridized carbons (Fsp3) is 0.167. The fourth-order valence-corrected chi connectivity index (χ4v) is 1.29. The molecule has 0 spiro atoms. The molecule has 1 aromatic rings. The van der Waals surface area contributed by atoms with Gasteiger partial charge in [-0.1, -0.05) is 12.1 Å². The van der Waals surface area contributed by atoms with Crippen molar-refractivity contribution in [2.24, 2.45) is 0 Å². The standard InChI is InChI=1S/C12H9F3O3/c1-7(16)10(11(17)18)6-8-3-2-4-9(5-8)12(13,14)15/h2-6H,1H3,(H,17,18)/b10-6+. The van der Waals surface area contributed by atoms with Crippen LogP contribution in [0.3, 0.4) is 0 Å². The minimum absolute atomic E-state index is 0.0115. The number of carboxylic acids is 1. The van der Waals surface area contributed by atoms with E-state index in [1.807, 2.05) is 0 Å². The van der Waals surface area contributed by atoms with Crippen molar-refractivity contribution in [3.63, 3.8) is 0 Å². The van der Waals surface area contributed by atoms with Crippen LogP contribution >= 0.6 is 0 Å². The highest BCUT2D eigenvalue weighted by Gasteiger charge is 2.30. The molecule has 1 rings (SSSR count). The molecule has 0 aliphatic heterocycles. The van der Waals surface area contributed by atoms with Crippen LogP contribution in [0.25, 0.3) is 6.08 Å². The van der Waals surface area contributed by atoms with E-state index in [1.165, 1.54) is 6.07 Å². The maximum atomic E-state index is 12.4. The number of carbonyl (C=O) groups is 2. The van der Waals surface area contributed by atoms with Gasteiger partial charge in [0.2, 0.25) is 0 Å². The number of ketones is 1. The molecule has 0 bridgehead atoms. The first-order chi connectivity index (χ1) is 8.21. The Morgan fingerprint density at radius 1 is 1.28 bits per heavy atom. The molecule has 96 valence electrons. The second-order valence-electron chi connectivity index (χ2n) is 3.54. The van der Waals surface area contributed by atoms with Crippen molar-refractivity contribution in [3.8, 4) is 0 Å². The third-order valence-electron chi connectivity index (χ3n) is 2.13. The summed E-state index contributed by atoms with van der Waals surface area (Å²) < 4.78 is 37.3. The van der Waals surface area contributed by atoms with Crippen LogP contribution < -0.4 is 0 Å². The van der Waals surface area contributed by atoms with Gasteiger partial charge in [0.05, 0.1) is 5.56 Å². The van der Waals surface area contributed by atoms with E-state index in [0.29, 0.717) is 0 Å². The van der Waals surface area contributed by atoms with Crippen LogP contribution in [-0.4, -0.2) is 16.9 Å². The minimum atomic E-state index is -4.51. The maximum absolute atomic E-state index is 12.4. The highest BCUT2D eigenvalue weighted by Crippen LogP contribution is 2.29. The summed E-state index contributed by atoms with van der Waals surface area (Å²) in [5, 5.41) is 8.72. The van der Waals surface area contributed by atoms with Crippen molar-refractivity contribution in [2.75, 3.05) is 0 Å². The predicted molar refractivity (Wildman–Crippen MR) is 57.7 cm³/mol. The van der Waals surface area contributed by atoms with Crippen LogP contribution in [-0.2, 0) is 15.8 Å². The van der Waals surface area contributed by atoms with Crippen molar-refractivity contribution in [2.45, 2.75) is 13.1 Å². The van der Waals surface area contributed by atoms with Gasteiger partial charge >= 0.3 is 12.1 Å². The highest BCUT2D eigenvalue weighted by atomic mass is 19.4. The van der Waals surface area contributed by atoms with Gasteiger partial charge in [-0.05, 0) is 30.7 Å². The zero-order valence-electron chi connectivity index (χ0n) is 9.28. The lowest BCUT2D eigenvalue weighted by molar-refractivity contribution is -0.137. The molecule has 0 aromatic heterocycles. The van der Waals surface area contributed by atoms with Crippen LogP contribution in [0, 0.1) is 0 Å². The summed E-state index contributed by atoms with van der Waals surface area (Å²) in [4.78, 5) is 21.7. The third-order valence-corrected chi connectivity index (χ3v) is 2.13. The Kier molecular flexibility index (Phi) is 3.90. The fourth-order valence-electron chi connectivity index (χ4n) is 1.29. The lowest BCUT2D eigenvalue weighted by Crippen LogP contribution is -2.09. The molecule has 18 heavy (non-hydrogen) atoms. The maximum Gasteiger partial charge on any atom is 0.416 e. The van der Waals surface area contributed by atoms with Gasteiger partial charge in [0.25, 0.3) is 0 Å². The van der Waals surface area contributed by atoms with Gasteiger partial charge < -0.3 is 5.11 Å². The Balaban J connectivity index is 3.23. The van der Waals surface area contributed by atoms with E-state index in [2.05, 4.69) is 0 Å². The van der Waals surface area contributed by atoms with Crippen molar-refractivity contribution < 1.29 is 27.9 Å². The number of carboxylic acid groups (broad SMARTS) is 1. The summed E-state index contributed by atoms with van der Waals surface area (Å²) in [6, 6.07) is 4.09. The molecule has 0 radical (unpaired) electrons. The van der Waals surface area contributed by atoms with Crippen molar-refractivity contribution in [1.29, 1.82) is 0 Å². The van der Waals surface area contributed by atoms with E-state index in [9.17, 15) is 22.8 Å². The lowest BCUT2D eigenvalue weighted by atomic mass is 10.1. The average molecular weight is 258 g/mol. The monoisotopic (exact) mass is 258 g/mol. The summed E-state index contributed by atoms with van der Waals surface area (Å²) in [7, 11) is 0. The predicted octanol–water partition coefficient (Wildman–Crippen LogP) is 2.76. The molecular weight excluding hydrogens is 249 g/mol. The molecule has 1 aromatic carbocycles. The average Bonchev–Trinajstić information content (AvgIpc) is 2.24. The van der Waals surface area contributed by atoms with Crippen molar-refractivity contribution in [3.05, 3.63) is 41.0 Å². The van der Waals surface area contributed by atoms with Gasteiger partial charge in [-0.2, -0.15) is 13.2 Å². The molecule has 0 atom stereocenters. The van der Waals surface area contributed by atoms with Gasteiger partial charge in [-0.15, -0.1) is 0 Å². The van der Waals surface area contributed by atoms with E-state index in [-0.39, 0.29) is 5.56 Å². The molecule has 6 heteroatoms. The normalized spacial score (nSPS) is 12.3. The summed E-state index contributed by atoms with van der Waals surface area (Å²) in [5.41, 5.74) is -1.45. The summed E-state index contributed by atoms with van der Waals surface area (Å²) >= 11 is 0. The van der Waals surface area contributed by atoms with E-state index >= 15 is 0 Å². The van der Waals surface area contributed by atoms with Gasteiger partial charge in [-0.25, -0.2) is 4.79 Å². The number of alkyl halides is 3. The smallest absolute Gasteiger partial charge is 0.416 e. The number of Topliss-reactive ketones (excluding diaryl/α,β-unsaturated/α-hetero) is 1. The van der Waals surface area contributed by atoms with E-state index in [0.717, 1.165) is 31.2 Å². The molecule has 3 nitrogen and oxygen atoms in total. The molecular formula is C12H9F3O3. The van der Waals surface area contributed by atoms with Crippen LogP contribution in [0.4, 0.5) is 13.2 Å². The molecule has 0 heterocycles. The number of benzene rings is 1. The SMILES string of the molecule is CC(=O)/C(=C\c1cccc(C(F)(F)F)c1)C(=O)O. The first-order valence-corrected chi connectivity index (χ1v) is 4.85. The van der Waals surface area contributed by atoms with Crippen LogP contribution in [0.5, 0.6) is 0 Å². The number of halogens is 3. The summed E-state index contributed by atoms with van der Waals surface area (Å²) in [5.74, 6) is -2.19. The topological polar surface area (TPSA) is 54.4 Å². The van der Waals surface area contributed by atoms with Gasteiger partial charge in [0.15, 0.2) is 5.78 Å². The van der Waals surface area contributed by atoms with E-state index in [1.54, 1.807) is 0 Å². The highest BCUT2D eigenvalue weighted by molar-refractivity contribution is 6.19. The van der Waals surface area contributed by atoms with Crippen molar-refractivity contribution >= 4 is 17.8 Å². The van der Waals surface area contributed by atoms with Crippen LogP contribution in [0.1, 0.15) is 18.1 Å². The minimum Gasteiger partial charge on any atom is -0.478 e. The molecule has 0 saturated heterocycles. The first-order valence-electron chi connectivity index (χ1n) is 4.85. The number of carbonyl (C=O) groups excluding carboxylic acids is 1. The molecule has 0 fully saturated rings. The number of aliphatic carboxylic acids is 1. The van der Waals surface area contributed by atoms with Crippen LogP contribution in [0.2, 0.25) is 0 Å². The van der Waals surface area contributed by atoms with E-state index in [4.69, 9.17) is 5.11 Å². The number of hydrogen-bond donors (Lipinski definition) is 1. The van der Waals surface area contributed by atoms with Crippen molar-refractivity contribution in [1.82, 2.24) is 0 Å². The Hall–Kier alpha value is -2.11. The molecule has 0 aliphatic rings. The Morgan fingerprint density at radius 2 is 1.89 bits per heavy atom. The zero-order valence-corrected chi connectivity index (χ0v) is 9.28. The Morgan fingerprint density at radius 3 is 2.33 bits per heavy atom. The Labute approximate surface area is 101 Å². The quantitative estimate of drug-likeness (QED) is 0.515. The molecule has 1 N–H and O–H groups in total. The summed E-state index contributed by atoms with van der Waals surface area (Å²) in [6.45, 7) is 1.04. The number of hydrogen-bond acceptors (Lipinski definition) is 2. The molecule has 0 amide bonds. The third kappa shape index (κ3) is 3.44. The molecule has 0 aliphatic carbocycles. The van der Waals surface area contributed by atoms with Gasteiger partial charge in [-0.3, -0.25) is 4.79 Å². The Bertz CT molecular complexity index is 500. The van der Waals surface area contributed by atoms with E-state index < -0.39 is 29.1 Å². The first kappa shape index (κ1) is 14.0. The molecule has 0 unspecified atom stereocenters. The second kappa shape index (κ2) is 5.03. The largest absolute Gasteiger partial charge is 0.478 e. The zero-order chi connectivity index (χ0) is 13.9. The van der Waals surface area contributed by atoms with Gasteiger partial charge in [0, 0.05) is 0 Å². The number of rotatable bonds is 3. The lowest BCUT2D eigenvalue weighted by Gasteiger charge is -2.07. The second-order valence-corrected chi connectivity index (χ2v) is 3.54. The van der Waals surface area contributed by atoms with Gasteiger partial charge in [0.1, 0.15) is 5.57 Å². The summed E-state index contributed by atoms with van der Waals surface area (Å²) in [6.07, 6.45) is -3.59. The molecule has 0 saturated carbocycles.